The number of thiazole rings is 1. The summed E-state index contributed by atoms with van der Waals surface area (Å²) >= 11 is 1.67. The highest BCUT2D eigenvalue weighted by Crippen LogP contribution is 2.31. The van der Waals surface area contributed by atoms with E-state index in [2.05, 4.69) is 10.3 Å². The topological polar surface area (TPSA) is 71.2 Å². The summed E-state index contributed by atoms with van der Waals surface area (Å²) in [5.41, 5.74) is 8.87. The number of benzene rings is 1. The van der Waals surface area contributed by atoms with Gasteiger partial charge < -0.3 is 16.2 Å². The molecule has 1 aromatic heterocycles. The number of hydrogen-bond acceptors (Lipinski definition) is 5. The highest BCUT2D eigenvalue weighted by molar-refractivity contribution is 7.18. The number of nitrogens with zero attached hydrogens (tertiary/aromatic N) is 1. The third kappa shape index (κ3) is 2.67. The average molecular weight is 277 g/mol. The molecule has 1 saturated carbocycles. The number of aliphatic hydroxyl groups is 1. The first-order valence-corrected chi connectivity index (χ1v) is 7.55. The molecular formula is C14H19N3OS. The largest absolute Gasteiger partial charge is 0.397 e. The number of nitrogen functional groups attached to an aromatic ring is 1. The highest BCUT2D eigenvalue weighted by Gasteiger charge is 2.20. The molecule has 0 radical (unpaired) electrons. The van der Waals surface area contributed by atoms with E-state index in [-0.39, 0.29) is 6.10 Å². The first-order chi connectivity index (χ1) is 9.11. The van der Waals surface area contributed by atoms with Crippen LogP contribution in [0.5, 0.6) is 0 Å². The maximum absolute atomic E-state index is 9.53. The van der Waals surface area contributed by atoms with E-state index < -0.39 is 0 Å². The van der Waals surface area contributed by atoms with Crippen LogP contribution in [-0.4, -0.2) is 22.2 Å². The summed E-state index contributed by atoms with van der Waals surface area (Å²) in [7, 11) is 0. The maximum atomic E-state index is 9.53. The molecule has 1 aliphatic carbocycles. The van der Waals surface area contributed by atoms with Gasteiger partial charge in [-0.1, -0.05) is 0 Å². The van der Waals surface area contributed by atoms with Gasteiger partial charge in [0.25, 0.3) is 0 Å². The smallest absolute Gasteiger partial charge is 0.0907 e. The van der Waals surface area contributed by atoms with E-state index in [4.69, 9.17) is 5.73 Å². The lowest BCUT2D eigenvalue weighted by Gasteiger charge is -2.27. The maximum Gasteiger partial charge on any atom is 0.0907 e. The lowest BCUT2D eigenvalue weighted by molar-refractivity contribution is 0.126. The summed E-state index contributed by atoms with van der Waals surface area (Å²) in [6, 6.07) is 4.45. The molecule has 0 spiro atoms. The van der Waals surface area contributed by atoms with Crippen LogP contribution in [-0.2, 0) is 0 Å². The third-order valence-corrected chi connectivity index (χ3v) is 4.66. The monoisotopic (exact) mass is 277 g/mol. The number of aromatic nitrogens is 1. The number of fused-ring (bicyclic) bond motifs is 1. The van der Waals surface area contributed by atoms with E-state index in [1.807, 2.05) is 19.1 Å². The molecule has 2 aromatic rings. The van der Waals surface area contributed by atoms with Gasteiger partial charge in [0.15, 0.2) is 0 Å². The molecule has 0 atom stereocenters. The van der Waals surface area contributed by atoms with E-state index in [1.54, 1.807) is 11.3 Å². The summed E-state index contributed by atoms with van der Waals surface area (Å²) in [5, 5.41) is 14.1. The summed E-state index contributed by atoms with van der Waals surface area (Å²) in [6.45, 7) is 2.01. The number of hydrogen-bond donors (Lipinski definition) is 3. The Balaban J connectivity index is 1.82. The molecule has 0 saturated heterocycles. The molecule has 102 valence electrons. The molecule has 4 N–H and O–H groups in total. The van der Waals surface area contributed by atoms with Crippen molar-refractivity contribution in [1.29, 1.82) is 0 Å². The predicted molar refractivity (Wildman–Crippen MR) is 80.7 cm³/mol. The van der Waals surface area contributed by atoms with Crippen LogP contribution < -0.4 is 11.1 Å². The van der Waals surface area contributed by atoms with Gasteiger partial charge in [0.1, 0.15) is 0 Å². The van der Waals surface area contributed by atoms with Gasteiger partial charge in [0.2, 0.25) is 0 Å². The molecule has 19 heavy (non-hydrogen) atoms. The lowest BCUT2D eigenvalue weighted by Crippen LogP contribution is -2.28. The zero-order valence-electron chi connectivity index (χ0n) is 11.0. The second kappa shape index (κ2) is 4.98. The predicted octanol–water partition coefficient (Wildman–Crippen LogP) is 2.90. The first kappa shape index (κ1) is 12.7. The molecule has 4 nitrogen and oxygen atoms in total. The molecule has 0 unspecified atom stereocenters. The number of nitrogens with one attached hydrogen (secondary N) is 1. The number of aryl methyl sites for hydroxylation is 1. The molecule has 1 fully saturated rings. The average Bonchev–Trinajstić information content (AvgIpc) is 2.72. The van der Waals surface area contributed by atoms with Crippen molar-refractivity contribution in [3.63, 3.8) is 0 Å². The summed E-state index contributed by atoms with van der Waals surface area (Å²) in [5.74, 6) is 0. The standard InChI is InChI=1S/C14H19N3OS/c1-8-16-13-7-12(11(15)6-14(13)19-8)17-9-2-4-10(18)5-3-9/h6-7,9-10,17-18H,2-5,15H2,1H3. The third-order valence-electron chi connectivity index (χ3n) is 3.72. The molecular weight excluding hydrogens is 258 g/mol. The Kier molecular flexibility index (Phi) is 3.33. The Labute approximate surface area is 116 Å². The van der Waals surface area contributed by atoms with Crippen molar-refractivity contribution < 1.29 is 5.11 Å². The number of aliphatic hydroxyl groups excluding tert-OH is 1. The van der Waals surface area contributed by atoms with Crippen LogP contribution in [0.25, 0.3) is 10.2 Å². The minimum atomic E-state index is -0.126. The van der Waals surface area contributed by atoms with Crippen molar-refractivity contribution in [3.8, 4) is 0 Å². The number of rotatable bonds is 2. The van der Waals surface area contributed by atoms with Gasteiger partial charge in [-0.2, -0.15) is 0 Å². The van der Waals surface area contributed by atoms with E-state index in [1.165, 1.54) is 0 Å². The fraction of sp³-hybridized carbons (Fsp3) is 0.500. The Morgan fingerprint density at radius 1 is 1.32 bits per heavy atom. The van der Waals surface area contributed by atoms with Crippen molar-refractivity contribution in [2.45, 2.75) is 44.8 Å². The van der Waals surface area contributed by atoms with Crippen molar-refractivity contribution >= 4 is 32.9 Å². The van der Waals surface area contributed by atoms with Crippen molar-refractivity contribution in [2.75, 3.05) is 11.1 Å². The molecule has 5 heteroatoms. The van der Waals surface area contributed by atoms with Crippen molar-refractivity contribution in [2.24, 2.45) is 0 Å². The van der Waals surface area contributed by atoms with Crippen LogP contribution in [0.4, 0.5) is 11.4 Å². The summed E-state index contributed by atoms with van der Waals surface area (Å²) in [4.78, 5) is 4.50. The molecule has 0 bridgehead atoms. The SMILES string of the molecule is Cc1nc2cc(NC3CCC(O)CC3)c(N)cc2s1. The van der Waals surface area contributed by atoms with E-state index in [0.717, 1.165) is 52.3 Å². The van der Waals surface area contributed by atoms with Crippen LogP contribution in [0.1, 0.15) is 30.7 Å². The van der Waals surface area contributed by atoms with Crippen LogP contribution in [0.3, 0.4) is 0 Å². The van der Waals surface area contributed by atoms with Gasteiger partial charge >= 0.3 is 0 Å². The minimum Gasteiger partial charge on any atom is -0.397 e. The molecule has 1 aliphatic rings. The zero-order valence-corrected chi connectivity index (χ0v) is 11.8. The van der Waals surface area contributed by atoms with E-state index >= 15 is 0 Å². The summed E-state index contributed by atoms with van der Waals surface area (Å²) < 4.78 is 1.14. The van der Waals surface area contributed by atoms with Gasteiger partial charge in [0.05, 0.1) is 32.7 Å². The zero-order chi connectivity index (χ0) is 13.4. The molecule has 0 amide bonds. The van der Waals surface area contributed by atoms with Gasteiger partial charge in [-0.3, -0.25) is 0 Å². The van der Waals surface area contributed by atoms with Gasteiger partial charge in [0, 0.05) is 6.04 Å². The van der Waals surface area contributed by atoms with Crippen LogP contribution >= 0.6 is 11.3 Å². The fourth-order valence-corrected chi connectivity index (χ4v) is 3.53. The van der Waals surface area contributed by atoms with Gasteiger partial charge in [-0.05, 0) is 44.7 Å². The van der Waals surface area contributed by atoms with Gasteiger partial charge in [-0.25, -0.2) is 4.98 Å². The second-order valence-corrected chi connectivity index (χ2v) is 6.52. The minimum absolute atomic E-state index is 0.126. The second-order valence-electron chi connectivity index (χ2n) is 5.29. The first-order valence-electron chi connectivity index (χ1n) is 6.73. The van der Waals surface area contributed by atoms with Gasteiger partial charge in [-0.15, -0.1) is 11.3 Å². The van der Waals surface area contributed by atoms with E-state index in [0.29, 0.717) is 6.04 Å². The van der Waals surface area contributed by atoms with Crippen LogP contribution in [0.15, 0.2) is 12.1 Å². The molecule has 1 aromatic carbocycles. The van der Waals surface area contributed by atoms with Crippen LogP contribution in [0, 0.1) is 6.92 Å². The molecule has 1 heterocycles. The Morgan fingerprint density at radius 2 is 2.05 bits per heavy atom. The Morgan fingerprint density at radius 3 is 2.79 bits per heavy atom. The molecule has 0 aliphatic heterocycles. The fourth-order valence-electron chi connectivity index (χ4n) is 2.67. The highest BCUT2D eigenvalue weighted by atomic mass is 32.1. The number of nitrogens with two attached hydrogens (primary N) is 1. The number of anilines is 2. The Bertz CT molecular complexity index is 588. The summed E-state index contributed by atoms with van der Waals surface area (Å²) in [6.07, 6.45) is 3.61. The quantitative estimate of drug-likeness (QED) is 0.738. The van der Waals surface area contributed by atoms with E-state index in [9.17, 15) is 5.11 Å². The van der Waals surface area contributed by atoms with Crippen molar-refractivity contribution in [3.05, 3.63) is 17.1 Å². The van der Waals surface area contributed by atoms with Crippen LogP contribution in [0.2, 0.25) is 0 Å². The lowest BCUT2D eigenvalue weighted by atomic mass is 9.93. The van der Waals surface area contributed by atoms with Crippen molar-refractivity contribution in [1.82, 2.24) is 4.98 Å². The normalized spacial score (nSPS) is 23.7. The Hall–Kier alpha value is -1.33. The molecule has 3 rings (SSSR count).